The van der Waals surface area contributed by atoms with Gasteiger partial charge in [0.05, 0.1) is 17.0 Å². The second-order valence-corrected chi connectivity index (χ2v) is 5.48. The minimum Gasteiger partial charge on any atom is -0.481 e. The van der Waals surface area contributed by atoms with Gasteiger partial charge in [-0.3, -0.25) is 4.79 Å². The van der Waals surface area contributed by atoms with Gasteiger partial charge in [-0.25, -0.2) is 9.37 Å². The van der Waals surface area contributed by atoms with Crippen LogP contribution in [0.3, 0.4) is 0 Å². The number of nitrogens with zero attached hydrogens (tertiary/aromatic N) is 2. The van der Waals surface area contributed by atoms with Crippen LogP contribution in [0, 0.1) is 11.7 Å². The molecule has 0 aliphatic carbocycles. The summed E-state index contributed by atoms with van der Waals surface area (Å²) in [5.41, 5.74) is 1.40. The van der Waals surface area contributed by atoms with Crippen molar-refractivity contribution in [2.75, 3.05) is 0 Å². The summed E-state index contributed by atoms with van der Waals surface area (Å²) in [6.45, 7) is 7.52. The van der Waals surface area contributed by atoms with Crippen molar-refractivity contribution in [3.63, 3.8) is 0 Å². The quantitative estimate of drug-likeness (QED) is 0.930. The lowest BCUT2D eigenvalue weighted by Crippen LogP contribution is -2.20. The first-order valence-corrected chi connectivity index (χ1v) is 6.73. The molecule has 2 atom stereocenters. The summed E-state index contributed by atoms with van der Waals surface area (Å²) in [7, 11) is 0. The Kier molecular flexibility index (Phi) is 3.79. The van der Waals surface area contributed by atoms with Crippen molar-refractivity contribution in [2.45, 2.75) is 39.7 Å². The minimum atomic E-state index is -0.856. The number of carboxylic acids is 1. The molecule has 0 aliphatic heterocycles. The topological polar surface area (TPSA) is 55.1 Å². The minimum absolute atomic E-state index is 0.129. The number of hydrogen-bond acceptors (Lipinski definition) is 2. The molecule has 0 aliphatic rings. The van der Waals surface area contributed by atoms with Gasteiger partial charge >= 0.3 is 5.97 Å². The third-order valence-corrected chi connectivity index (χ3v) is 3.74. The van der Waals surface area contributed by atoms with Crippen LogP contribution in [-0.2, 0) is 4.79 Å². The highest BCUT2D eigenvalue weighted by Crippen LogP contribution is 2.30. The van der Waals surface area contributed by atoms with Crippen LogP contribution in [0.2, 0.25) is 0 Å². The zero-order chi connectivity index (χ0) is 15.0. The molecule has 20 heavy (non-hydrogen) atoms. The van der Waals surface area contributed by atoms with Crippen LogP contribution in [0.25, 0.3) is 11.0 Å². The van der Waals surface area contributed by atoms with E-state index >= 15 is 0 Å². The molecule has 1 aromatic heterocycles. The summed E-state index contributed by atoms with van der Waals surface area (Å²) >= 11 is 0. The number of hydrogen-bond donors (Lipinski definition) is 1. The fourth-order valence-electron chi connectivity index (χ4n) is 2.39. The molecular weight excluding hydrogens is 259 g/mol. The van der Waals surface area contributed by atoms with E-state index in [2.05, 4.69) is 4.98 Å². The van der Waals surface area contributed by atoms with E-state index in [4.69, 9.17) is 5.11 Å². The largest absolute Gasteiger partial charge is 0.481 e. The number of imidazole rings is 1. The molecule has 0 spiro atoms. The predicted octanol–water partition coefficient (Wildman–Crippen LogP) is 3.58. The molecule has 4 nitrogen and oxygen atoms in total. The first-order chi connectivity index (χ1) is 9.32. The predicted molar refractivity (Wildman–Crippen MR) is 75.3 cm³/mol. The number of aliphatic carboxylic acids is 1. The number of rotatable bonds is 4. The van der Waals surface area contributed by atoms with Gasteiger partial charge in [0.15, 0.2) is 0 Å². The zero-order valence-corrected chi connectivity index (χ0v) is 12.1. The molecule has 1 aromatic carbocycles. The van der Waals surface area contributed by atoms with Gasteiger partial charge in [0, 0.05) is 18.0 Å². The summed E-state index contributed by atoms with van der Waals surface area (Å²) in [5, 5.41) is 9.17. The van der Waals surface area contributed by atoms with Crippen molar-refractivity contribution in [1.29, 1.82) is 0 Å². The standard InChI is InChI=1S/C15H19FN2O2/c1-8(2)18-13-6-5-11(16)7-12(13)17-14(18)9(3)10(4)15(19)20/h5-10H,1-4H3,(H,19,20). The lowest BCUT2D eigenvalue weighted by atomic mass is 9.95. The zero-order valence-electron chi connectivity index (χ0n) is 12.1. The van der Waals surface area contributed by atoms with Gasteiger partial charge in [0.2, 0.25) is 0 Å². The third-order valence-electron chi connectivity index (χ3n) is 3.74. The number of fused-ring (bicyclic) bond motifs is 1. The molecule has 0 fully saturated rings. The number of carboxylic acid groups (broad SMARTS) is 1. The van der Waals surface area contributed by atoms with E-state index in [1.165, 1.54) is 12.1 Å². The smallest absolute Gasteiger partial charge is 0.306 e. The average Bonchev–Trinajstić information content (AvgIpc) is 2.74. The van der Waals surface area contributed by atoms with Gasteiger partial charge in [-0.2, -0.15) is 0 Å². The monoisotopic (exact) mass is 278 g/mol. The van der Waals surface area contributed by atoms with Gasteiger partial charge in [0.1, 0.15) is 11.6 Å². The van der Waals surface area contributed by atoms with Gasteiger partial charge in [0.25, 0.3) is 0 Å². The molecule has 1 heterocycles. The summed E-state index contributed by atoms with van der Waals surface area (Å²) in [6, 6.07) is 4.61. The van der Waals surface area contributed by atoms with E-state index < -0.39 is 11.9 Å². The van der Waals surface area contributed by atoms with Gasteiger partial charge in [-0.15, -0.1) is 0 Å². The van der Waals surface area contributed by atoms with Crippen LogP contribution >= 0.6 is 0 Å². The van der Waals surface area contributed by atoms with Crippen LogP contribution in [0.4, 0.5) is 4.39 Å². The maximum Gasteiger partial charge on any atom is 0.306 e. The molecule has 0 radical (unpaired) electrons. The second kappa shape index (κ2) is 5.23. The Hall–Kier alpha value is -1.91. The number of benzene rings is 1. The van der Waals surface area contributed by atoms with E-state index in [0.29, 0.717) is 11.3 Å². The average molecular weight is 278 g/mol. The van der Waals surface area contributed by atoms with Crippen LogP contribution in [0.15, 0.2) is 18.2 Å². The summed E-state index contributed by atoms with van der Waals surface area (Å²) in [4.78, 5) is 15.6. The van der Waals surface area contributed by atoms with Crippen molar-refractivity contribution in [2.24, 2.45) is 5.92 Å². The lowest BCUT2D eigenvalue weighted by Gasteiger charge is -2.20. The van der Waals surface area contributed by atoms with Gasteiger partial charge < -0.3 is 9.67 Å². The molecule has 108 valence electrons. The number of halogens is 1. The first-order valence-electron chi connectivity index (χ1n) is 6.73. The first kappa shape index (κ1) is 14.5. The van der Waals surface area contributed by atoms with Crippen LogP contribution < -0.4 is 0 Å². The van der Waals surface area contributed by atoms with E-state index in [0.717, 1.165) is 5.52 Å². The van der Waals surface area contributed by atoms with Gasteiger partial charge in [-0.1, -0.05) is 13.8 Å². The van der Waals surface area contributed by atoms with Crippen molar-refractivity contribution in [1.82, 2.24) is 9.55 Å². The normalized spacial score (nSPS) is 14.7. The molecule has 0 amide bonds. The van der Waals surface area contributed by atoms with Gasteiger partial charge in [-0.05, 0) is 26.0 Å². The highest BCUT2D eigenvalue weighted by Gasteiger charge is 2.27. The molecule has 2 rings (SSSR count). The molecule has 0 bridgehead atoms. The van der Waals surface area contributed by atoms with Crippen molar-refractivity contribution >= 4 is 17.0 Å². The van der Waals surface area contributed by atoms with Crippen LogP contribution in [0.5, 0.6) is 0 Å². The van der Waals surface area contributed by atoms with E-state index in [9.17, 15) is 9.18 Å². The maximum atomic E-state index is 13.3. The Morgan fingerprint density at radius 1 is 1.30 bits per heavy atom. The highest BCUT2D eigenvalue weighted by molar-refractivity contribution is 5.77. The third kappa shape index (κ3) is 2.40. The number of carbonyl (C=O) groups is 1. The van der Waals surface area contributed by atoms with Crippen molar-refractivity contribution < 1.29 is 14.3 Å². The van der Waals surface area contributed by atoms with Crippen molar-refractivity contribution in [3.05, 3.63) is 29.8 Å². The molecule has 5 heteroatoms. The van der Waals surface area contributed by atoms with Crippen molar-refractivity contribution in [3.8, 4) is 0 Å². The molecule has 0 saturated carbocycles. The summed E-state index contributed by atoms with van der Waals surface area (Å²) in [6.07, 6.45) is 0. The Morgan fingerprint density at radius 2 is 1.95 bits per heavy atom. The maximum absolute atomic E-state index is 13.3. The SMILES string of the molecule is CC(C(=O)O)C(C)c1nc2cc(F)ccc2n1C(C)C. The molecule has 1 N–H and O–H groups in total. The Balaban J connectivity index is 2.63. The fraction of sp³-hybridized carbons (Fsp3) is 0.467. The second-order valence-electron chi connectivity index (χ2n) is 5.48. The molecular formula is C15H19FN2O2. The Morgan fingerprint density at radius 3 is 2.50 bits per heavy atom. The molecule has 0 saturated heterocycles. The van der Waals surface area contributed by atoms with E-state index in [1.54, 1.807) is 13.0 Å². The lowest BCUT2D eigenvalue weighted by molar-refractivity contribution is -0.141. The Bertz CT molecular complexity index is 649. The highest BCUT2D eigenvalue weighted by atomic mass is 19.1. The summed E-state index contributed by atoms with van der Waals surface area (Å²) < 4.78 is 15.3. The molecule has 2 unspecified atom stereocenters. The Labute approximate surface area is 117 Å². The van der Waals surface area contributed by atoms with E-state index in [-0.39, 0.29) is 17.8 Å². The van der Waals surface area contributed by atoms with E-state index in [1.807, 2.05) is 25.3 Å². The fourth-order valence-corrected chi connectivity index (χ4v) is 2.39. The number of aromatic nitrogens is 2. The molecule has 2 aromatic rings. The van der Waals surface area contributed by atoms with Crippen LogP contribution in [0.1, 0.15) is 45.5 Å². The summed E-state index contributed by atoms with van der Waals surface area (Å²) in [5.74, 6) is -1.29. The van der Waals surface area contributed by atoms with Crippen LogP contribution in [-0.4, -0.2) is 20.6 Å².